The largest absolute Gasteiger partial charge is 0.273 e. The number of amides is 1. The van der Waals surface area contributed by atoms with Gasteiger partial charge in [0.25, 0.3) is 0 Å². The van der Waals surface area contributed by atoms with Gasteiger partial charge >= 0.3 is 0 Å². The van der Waals surface area contributed by atoms with Crippen LogP contribution in [0.4, 0.5) is 0 Å². The molecule has 0 unspecified atom stereocenters. The Kier molecular flexibility index (Phi) is 3.91. The van der Waals surface area contributed by atoms with E-state index < -0.39 is 0 Å². The normalized spacial score (nSPS) is 31.3. The summed E-state index contributed by atoms with van der Waals surface area (Å²) in [6, 6.07) is 10.0. The molecule has 3 atom stereocenters. The predicted molar refractivity (Wildman–Crippen MR) is 85.7 cm³/mol. The molecule has 2 aliphatic carbocycles. The molecule has 1 amide bonds. The zero-order valence-electron chi connectivity index (χ0n) is 12.5. The summed E-state index contributed by atoms with van der Waals surface area (Å²) in [6.45, 7) is 2.25. The van der Waals surface area contributed by atoms with E-state index in [9.17, 15) is 4.79 Å². The molecular formula is C18H22N2O. The minimum atomic E-state index is 0.0914. The van der Waals surface area contributed by atoms with Crippen molar-refractivity contribution in [1.29, 1.82) is 0 Å². The van der Waals surface area contributed by atoms with Crippen LogP contribution >= 0.6 is 0 Å². The highest BCUT2D eigenvalue weighted by molar-refractivity contribution is 5.85. The Hall–Kier alpha value is -1.90. The van der Waals surface area contributed by atoms with E-state index in [1.807, 2.05) is 42.5 Å². The van der Waals surface area contributed by atoms with E-state index in [1.54, 1.807) is 6.21 Å². The topological polar surface area (TPSA) is 41.5 Å². The van der Waals surface area contributed by atoms with E-state index >= 15 is 0 Å². The second-order valence-corrected chi connectivity index (χ2v) is 6.36. The predicted octanol–water partition coefficient (Wildman–Crippen LogP) is 3.63. The summed E-state index contributed by atoms with van der Waals surface area (Å²) >= 11 is 0. The Morgan fingerprint density at radius 3 is 2.86 bits per heavy atom. The van der Waals surface area contributed by atoms with Gasteiger partial charge < -0.3 is 0 Å². The summed E-state index contributed by atoms with van der Waals surface area (Å²) in [5, 5.41) is 4.03. The third-order valence-corrected chi connectivity index (χ3v) is 5.04. The van der Waals surface area contributed by atoms with Gasteiger partial charge in [0, 0.05) is 12.1 Å². The third-order valence-electron chi connectivity index (χ3n) is 5.04. The summed E-state index contributed by atoms with van der Waals surface area (Å²) in [5.74, 6) is 0.852. The fraction of sp³-hybridized carbons (Fsp3) is 0.444. The van der Waals surface area contributed by atoms with Crippen molar-refractivity contribution in [2.75, 3.05) is 0 Å². The maximum atomic E-state index is 12.2. The van der Waals surface area contributed by atoms with Crippen molar-refractivity contribution in [3.63, 3.8) is 0 Å². The fourth-order valence-corrected chi connectivity index (χ4v) is 3.78. The van der Waals surface area contributed by atoms with Gasteiger partial charge in [-0.15, -0.1) is 0 Å². The van der Waals surface area contributed by atoms with Crippen molar-refractivity contribution in [3.8, 4) is 0 Å². The van der Waals surface area contributed by atoms with Crippen LogP contribution in [0.5, 0.6) is 0 Å². The van der Waals surface area contributed by atoms with E-state index in [0.29, 0.717) is 5.92 Å². The fourth-order valence-electron chi connectivity index (χ4n) is 3.78. The number of hydrogen-bond acceptors (Lipinski definition) is 2. The number of nitrogens with one attached hydrogen (secondary N) is 1. The lowest BCUT2D eigenvalue weighted by atomic mass is 9.90. The van der Waals surface area contributed by atoms with E-state index in [1.165, 1.54) is 25.7 Å². The maximum absolute atomic E-state index is 12.2. The molecule has 0 aromatic heterocycles. The number of allylic oxidation sites excluding steroid dienone is 1. The van der Waals surface area contributed by atoms with Crippen LogP contribution in [0.2, 0.25) is 0 Å². The molecule has 3 rings (SSSR count). The maximum Gasteiger partial charge on any atom is 0.244 e. The molecule has 2 fully saturated rings. The average Bonchev–Trinajstić information content (AvgIpc) is 3.13. The average molecular weight is 282 g/mol. The minimum absolute atomic E-state index is 0.0914. The molecule has 2 saturated carbocycles. The first-order chi connectivity index (χ1) is 10.2. The first-order valence-electron chi connectivity index (χ1n) is 7.76. The van der Waals surface area contributed by atoms with Gasteiger partial charge in [-0.3, -0.25) is 4.79 Å². The second kappa shape index (κ2) is 5.84. The number of benzene rings is 1. The highest BCUT2D eigenvalue weighted by Crippen LogP contribution is 2.66. The molecule has 21 heavy (non-hydrogen) atoms. The van der Waals surface area contributed by atoms with Gasteiger partial charge in [0.2, 0.25) is 5.91 Å². The van der Waals surface area contributed by atoms with Gasteiger partial charge in [0.15, 0.2) is 0 Å². The van der Waals surface area contributed by atoms with Crippen LogP contribution in [-0.4, -0.2) is 12.1 Å². The monoisotopic (exact) mass is 282 g/mol. The highest BCUT2D eigenvalue weighted by Gasteiger charge is 2.64. The number of fused-ring (bicyclic) bond motifs is 1. The molecule has 0 heterocycles. The third kappa shape index (κ3) is 2.92. The van der Waals surface area contributed by atoms with Crippen molar-refractivity contribution in [2.24, 2.45) is 22.4 Å². The summed E-state index contributed by atoms with van der Waals surface area (Å²) < 4.78 is 0. The lowest BCUT2D eigenvalue weighted by Gasteiger charge is -2.15. The molecule has 3 heteroatoms. The van der Waals surface area contributed by atoms with Gasteiger partial charge in [-0.25, -0.2) is 5.43 Å². The summed E-state index contributed by atoms with van der Waals surface area (Å²) in [4.78, 5) is 12.2. The summed E-state index contributed by atoms with van der Waals surface area (Å²) in [5.41, 5.74) is 4.06. The molecule has 110 valence electrons. The Labute approximate surface area is 126 Å². The molecule has 2 aliphatic rings. The van der Waals surface area contributed by atoms with E-state index in [2.05, 4.69) is 17.5 Å². The van der Waals surface area contributed by atoms with Crippen LogP contribution in [0.1, 0.15) is 38.2 Å². The van der Waals surface area contributed by atoms with E-state index in [0.717, 1.165) is 5.56 Å². The van der Waals surface area contributed by atoms with Crippen molar-refractivity contribution in [1.82, 2.24) is 5.43 Å². The Morgan fingerprint density at radius 1 is 1.33 bits per heavy atom. The van der Waals surface area contributed by atoms with Gasteiger partial charge in [-0.05, 0) is 35.8 Å². The molecule has 0 radical (unpaired) electrons. The lowest BCUT2D eigenvalue weighted by molar-refractivity contribution is -0.123. The van der Waals surface area contributed by atoms with Crippen LogP contribution < -0.4 is 5.43 Å². The van der Waals surface area contributed by atoms with Crippen molar-refractivity contribution in [3.05, 3.63) is 42.0 Å². The smallest absolute Gasteiger partial charge is 0.244 e. The highest BCUT2D eigenvalue weighted by atomic mass is 16.2. The first-order valence-corrected chi connectivity index (χ1v) is 7.76. The quantitative estimate of drug-likeness (QED) is 0.665. The van der Waals surface area contributed by atoms with Crippen LogP contribution in [0.3, 0.4) is 0 Å². The molecule has 0 aliphatic heterocycles. The molecule has 1 N–H and O–H groups in total. The second-order valence-electron chi connectivity index (χ2n) is 6.36. The van der Waals surface area contributed by atoms with Crippen LogP contribution in [0.15, 0.2) is 41.5 Å². The van der Waals surface area contributed by atoms with Crippen LogP contribution in [0, 0.1) is 17.3 Å². The molecule has 1 aromatic carbocycles. The lowest BCUT2D eigenvalue weighted by Crippen LogP contribution is -2.22. The van der Waals surface area contributed by atoms with Gasteiger partial charge in [0.1, 0.15) is 0 Å². The Bertz CT molecular complexity index is 564. The Morgan fingerprint density at radius 2 is 2.14 bits per heavy atom. The van der Waals surface area contributed by atoms with E-state index in [4.69, 9.17) is 0 Å². The number of hydrazone groups is 1. The van der Waals surface area contributed by atoms with Gasteiger partial charge in [0.05, 0.1) is 0 Å². The molecular weight excluding hydrogens is 260 g/mol. The van der Waals surface area contributed by atoms with Crippen molar-refractivity contribution >= 4 is 18.2 Å². The van der Waals surface area contributed by atoms with Crippen molar-refractivity contribution in [2.45, 2.75) is 32.6 Å². The standard InChI is InChI=1S/C18H22N2O/c1-18-12-6-5-11-15(18)16(18)17(21)20-19-13-7-10-14-8-3-2-4-9-14/h2-4,7-10,13,15-16H,5-6,11-12H2,1H3,(H,20,21)/b10-7+,19-13-/t15-,16+,18+/m1/s1. The molecule has 0 saturated heterocycles. The summed E-state index contributed by atoms with van der Waals surface area (Å²) in [6.07, 6.45) is 10.4. The molecule has 0 spiro atoms. The van der Waals surface area contributed by atoms with Gasteiger partial charge in [-0.1, -0.05) is 56.2 Å². The van der Waals surface area contributed by atoms with E-state index in [-0.39, 0.29) is 17.2 Å². The molecule has 3 nitrogen and oxygen atoms in total. The SMILES string of the molecule is C[C@]12CCCC[C@@H]1[C@H]2C(=O)N/N=C\C=C\c1ccccc1. The first kappa shape index (κ1) is 14.1. The zero-order valence-corrected chi connectivity index (χ0v) is 12.5. The molecule has 0 bridgehead atoms. The summed E-state index contributed by atoms with van der Waals surface area (Å²) in [7, 11) is 0. The number of carbonyl (C=O) groups excluding carboxylic acids is 1. The van der Waals surface area contributed by atoms with Crippen LogP contribution in [-0.2, 0) is 4.79 Å². The Balaban J connectivity index is 1.48. The van der Waals surface area contributed by atoms with Crippen molar-refractivity contribution < 1.29 is 4.79 Å². The number of rotatable bonds is 4. The van der Waals surface area contributed by atoms with Crippen LogP contribution in [0.25, 0.3) is 6.08 Å². The minimum Gasteiger partial charge on any atom is -0.273 e. The number of carbonyl (C=O) groups is 1. The molecule has 1 aromatic rings. The van der Waals surface area contributed by atoms with Gasteiger partial charge in [-0.2, -0.15) is 5.10 Å². The number of hydrogen-bond donors (Lipinski definition) is 1. The number of nitrogens with zero attached hydrogens (tertiary/aromatic N) is 1. The zero-order chi connectivity index (χ0) is 14.7.